The van der Waals surface area contributed by atoms with Crippen LogP contribution in [0.25, 0.3) is 16.7 Å². The molecule has 22 heavy (non-hydrogen) atoms. The number of nitrogens with zero attached hydrogens (tertiary/aromatic N) is 6. The van der Waals surface area contributed by atoms with Gasteiger partial charge in [-0.15, -0.1) is 5.10 Å². The van der Waals surface area contributed by atoms with Gasteiger partial charge >= 0.3 is 5.97 Å². The van der Waals surface area contributed by atoms with Crippen molar-refractivity contribution in [2.75, 3.05) is 0 Å². The predicted octanol–water partition coefficient (Wildman–Crippen LogP) is 1.05. The Hall–Kier alpha value is -3.29. The van der Waals surface area contributed by atoms with E-state index in [9.17, 15) is 4.79 Å². The third-order valence-corrected chi connectivity index (χ3v) is 3.23. The molecule has 0 aliphatic rings. The van der Waals surface area contributed by atoms with Gasteiger partial charge in [0.2, 0.25) is 5.65 Å². The summed E-state index contributed by atoms with van der Waals surface area (Å²) in [5, 5.41) is 11.8. The summed E-state index contributed by atoms with van der Waals surface area (Å²) in [6, 6.07) is 7.19. The maximum Gasteiger partial charge on any atom is 0.369 e. The molecule has 0 N–H and O–H groups in total. The van der Waals surface area contributed by atoms with E-state index < -0.39 is 5.97 Å². The monoisotopic (exact) mass is 294 g/mol. The molecule has 4 aromatic rings. The fourth-order valence-electron chi connectivity index (χ4n) is 2.18. The molecule has 8 heteroatoms. The summed E-state index contributed by atoms with van der Waals surface area (Å²) in [5.41, 5.74) is 2.98. The number of pyridine rings is 2. The summed E-state index contributed by atoms with van der Waals surface area (Å²) in [6.07, 6.45) is 4.87. The lowest BCUT2D eigenvalue weighted by Crippen LogP contribution is -2.21. The number of fused-ring (bicyclic) bond motifs is 2. The second-order valence-electron chi connectivity index (χ2n) is 4.78. The van der Waals surface area contributed by atoms with Crippen LogP contribution in [0.15, 0.2) is 42.9 Å². The zero-order valence-electron chi connectivity index (χ0n) is 11.5. The molecule has 0 atom stereocenters. The molecule has 4 heterocycles. The summed E-state index contributed by atoms with van der Waals surface area (Å²) < 4.78 is 1.63. The first-order chi connectivity index (χ1) is 10.7. The third kappa shape index (κ3) is 1.89. The minimum Gasteiger partial charge on any atom is -0.310 e. The van der Waals surface area contributed by atoms with E-state index in [2.05, 4.69) is 20.4 Å². The molecule has 0 aliphatic heterocycles. The molecular weight excluding hydrogens is 284 g/mol. The van der Waals surface area contributed by atoms with Gasteiger partial charge in [-0.25, -0.2) is 14.3 Å². The maximum atomic E-state index is 12.3. The van der Waals surface area contributed by atoms with Crippen molar-refractivity contribution in [2.45, 2.75) is 6.92 Å². The van der Waals surface area contributed by atoms with Gasteiger partial charge < -0.3 is 4.84 Å². The number of carbonyl (C=O) groups excluding carboxylic acids is 1. The predicted molar refractivity (Wildman–Crippen MR) is 76.2 cm³/mol. The van der Waals surface area contributed by atoms with Crippen molar-refractivity contribution in [1.29, 1.82) is 0 Å². The summed E-state index contributed by atoms with van der Waals surface area (Å²) in [7, 11) is 0. The van der Waals surface area contributed by atoms with Crippen molar-refractivity contribution < 1.29 is 9.63 Å². The lowest BCUT2D eigenvalue weighted by Gasteiger charge is -2.01. The highest BCUT2D eigenvalue weighted by Crippen LogP contribution is 2.13. The SMILES string of the molecule is Cc1ccc2c(C(=O)On3nnc4cccnc43)cnn2c1. The highest BCUT2D eigenvalue weighted by molar-refractivity contribution is 5.97. The van der Waals surface area contributed by atoms with Crippen LogP contribution in [-0.4, -0.2) is 35.7 Å². The average molecular weight is 294 g/mol. The minimum absolute atomic E-state index is 0.347. The molecule has 4 aromatic heterocycles. The van der Waals surface area contributed by atoms with Gasteiger partial charge in [0.25, 0.3) is 0 Å². The number of rotatable bonds is 2. The molecule has 0 unspecified atom stereocenters. The van der Waals surface area contributed by atoms with Crippen molar-refractivity contribution in [3.63, 3.8) is 0 Å². The molecule has 8 nitrogen and oxygen atoms in total. The van der Waals surface area contributed by atoms with E-state index in [1.807, 2.05) is 25.3 Å². The van der Waals surface area contributed by atoms with Crippen LogP contribution in [0.3, 0.4) is 0 Å². The van der Waals surface area contributed by atoms with E-state index in [0.29, 0.717) is 22.2 Å². The number of hydrogen-bond donors (Lipinski definition) is 0. The number of aromatic nitrogens is 6. The third-order valence-electron chi connectivity index (χ3n) is 3.23. The maximum absolute atomic E-state index is 12.3. The van der Waals surface area contributed by atoms with Crippen LogP contribution in [0.5, 0.6) is 0 Å². The van der Waals surface area contributed by atoms with E-state index in [-0.39, 0.29) is 0 Å². The van der Waals surface area contributed by atoms with Gasteiger partial charge in [0.15, 0.2) is 0 Å². The van der Waals surface area contributed by atoms with E-state index in [1.165, 1.54) is 6.20 Å². The van der Waals surface area contributed by atoms with Gasteiger partial charge in [-0.05, 0) is 40.7 Å². The largest absolute Gasteiger partial charge is 0.369 e. The van der Waals surface area contributed by atoms with E-state index in [4.69, 9.17) is 4.84 Å². The lowest BCUT2D eigenvalue weighted by atomic mass is 10.2. The van der Waals surface area contributed by atoms with Crippen LogP contribution < -0.4 is 4.84 Å². The topological polar surface area (TPSA) is 87.2 Å². The molecule has 0 fully saturated rings. The quantitative estimate of drug-likeness (QED) is 0.514. The summed E-state index contributed by atoms with van der Waals surface area (Å²) >= 11 is 0. The molecule has 0 aliphatic carbocycles. The Morgan fingerprint density at radius 1 is 1.27 bits per heavy atom. The van der Waals surface area contributed by atoms with Crippen LogP contribution >= 0.6 is 0 Å². The Balaban J connectivity index is 1.72. The lowest BCUT2D eigenvalue weighted by molar-refractivity contribution is 0.0407. The Morgan fingerprint density at radius 2 is 2.18 bits per heavy atom. The first-order valence-corrected chi connectivity index (χ1v) is 6.55. The zero-order valence-corrected chi connectivity index (χ0v) is 11.5. The Kier molecular flexibility index (Phi) is 2.62. The van der Waals surface area contributed by atoms with Crippen molar-refractivity contribution in [3.05, 3.63) is 54.0 Å². The standard InChI is InChI=1S/C14H10N6O2/c1-9-4-5-12-10(7-16-19(12)8-9)14(21)22-20-13-11(17-18-20)3-2-6-15-13/h2-8H,1H3. The van der Waals surface area contributed by atoms with Crippen molar-refractivity contribution in [2.24, 2.45) is 0 Å². The normalized spacial score (nSPS) is 11.1. The molecule has 0 spiro atoms. The Bertz CT molecular complexity index is 1000. The molecule has 0 bridgehead atoms. The first-order valence-electron chi connectivity index (χ1n) is 6.55. The zero-order chi connectivity index (χ0) is 15.1. The van der Waals surface area contributed by atoms with Crippen LogP contribution in [-0.2, 0) is 0 Å². The first kappa shape index (κ1) is 12.5. The number of hydrogen-bond acceptors (Lipinski definition) is 6. The average Bonchev–Trinajstić information content (AvgIpc) is 3.11. The van der Waals surface area contributed by atoms with Crippen molar-refractivity contribution in [3.8, 4) is 0 Å². The number of aryl methyl sites for hydroxylation is 1. The van der Waals surface area contributed by atoms with Crippen LogP contribution in [0.4, 0.5) is 0 Å². The molecule has 0 saturated heterocycles. The fourth-order valence-corrected chi connectivity index (χ4v) is 2.18. The van der Waals surface area contributed by atoms with Crippen molar-refractivity contribution in [1.82, 2.24) is 29.8 Å². The highest BCUT2D eigenvalue weighted by Gasteiger charge is 2.17. The summed E-state index contributed by atoms with van der Waals surface area (Å²) in [4.78, 5) is 22.7. The highest BCUT2D eigenvalue weighted by atomic mass is 16.7. The van der Waals surface area contributed by atoms with Crippen LogP contribution in [0, 0.1) is 6.92 Å². The Morgan fingerprint density at radius 3 is 3.09 bits per heavy atom. The van der Waals surface area contributed by atoms with Crippen LogP contribution in [0.1, 0.15) is 15.9 Å². The van der Waals surface area contributed by atoms with E-state index >= 15 is 0 Å². The van der Waals surface area contributed by atoms with Gasteiger partial charge in [-0.1, -0.05) is 6.07 Å². The second-order valence-corrected chi connectivity index (χ2v) is 4.78. The Labute approximate surface area is 123 Å². The molecule has 0 amide bonds. The van der Waals surface area contributed by atoms with Crippen LogP contribution in [0.2, 0.25) is 0 Å². The van der Waals surface area contributed by atoms with E-state index in [0.717, 1.165) is 10.4 Å². The fraction of sp³-hybridized carbons (Fsp3) is 0.0714. The number of carbonyl (C=O) groups is 1. The second kappa shape index (κ2) is 4.62. The molecule has 0 aromatic carbocycles. The summed E-state index contributed by atoms with van der Waals surface area (Å²) in [5.74, 6) is -0.573. The van der Waals surface area contributed by atoms with Gasteiger partial charge in [-0.2, -0.15) is 5.10 Å². The van der Waals surface area contributed by atoms with Gasteiger partial charge in [0, 0.05) is 12.4 Å². The smallest absolute Gasteiger partial charge is 0.310 e. The molecule has 0 saturated carbocycles. The molecular formula is C14H10N6O2. The summed E-state index contributed by atoms with van der Waals surface area (Å²) in [6.45, 7) is 1.95. The van der Waals surface area contributed by atoms with Gasteiger partial charge in [0.1, 0.15) is 11.1 Å². The minimum atomic E-state index is -0.573. The molecule has 0 radical (unpaired) electrons. The van der Waals surface area contributed by atoms with Gasteiger partial charge in [0.05, 0.1) is 11.7 Å². The molecule has 4 rings (SSSR count). The van der Waals surface area contributed by atoms with Crippen molar-refractivity contribution >= 4 is 22.6 Å². The molecule has 108 valence electrons. The van der Waals surface area contributed by atoms with E-state index in [1.54, 1.807) is 22.8 Å². The van der Waals surface area contributed by atoms with Gasteiger partial charge in [-0.3, -0.25) is 0 Å².